The number of methoxy groups -OCH3 is 1. The lowest BCUT2D eigenvalue weighted by Crippen LogP contribution is -2.28. The molecule has 0 radical (unpaired) electrons. The highest BCUT2D eigenvalue weighted by molar-refractivity contribution is 5.47. The van der Waals surface area contributed by atoms with Crippen LogP contribution in [0, 0.1) is 0 Å². The van der Waals surface area contributed by atoms with Gasteiger partial charge in [0.1, 0.15) is 0 Å². The molecular formula is C20H25NO3. The zero-order chi connectivity index (χ0) is 17.1. The van der Waals surface area contributed by atoms with Crippen LogP contribution in [-0.4, -0.2) is 24.4 Å². The van der Waals surface area contributed by atoms with Crippen LogP contribution in [0.1, 0.15) is 36.6 Å². The molecule has 0 saturated carbocycles. The summed E-state index contributed by atoms with van der Waals surface area (Å²) >= 11 is 0. The molecule has 0 amide bonds. The van der Waals surface area contributed by atoms with Gasteiger partial charge in [0, 0.05) is 18.5 Å². The van der Waals surface area contributed by atoms with E-state index in [-0.39, 0.29) is 12.1 Å². The van der Waals surface area contributed by atoms with Crippen LogP contribution in [0.5, 0.6) is 11.5 Å². The number of hydrogen-bond donors (Lipinski definition) is 2. The van der Waals surface area contributed by atoms with Crippen molar-refractivity contribution in [3.8, 4) is 11.5 Å². The summed E-state index contributed by atoms with van der Waals surface area (Å²) in [5, 5.41) is 13.9. The molecular weight excluding hydrogens is 302 g/mol. The number of benzene rings is 2. The summed E-state index contributed by atoms with van der Waals surface area (Å²) in [6.45, 7) is 4.61. The summed E-state index contributed by atoms with van der Waals surface area (Å²) in [5.41, 5.74) is 3.42. The molecule has 24 heavy (non-hydrogen) atoms. The molecule has 0 bridgehead atoms. The smallest absolute Gasteiger partial charge is 0.166 e. The zero-order valence-corrected chi connectivity index (χ0v) is 14.5. The zero-order valence-electron chi connectivity index (χ0n) is 14.5. The predicted molar refractivity (Wildman–Crippen MR) is 94.5 cm³/mol. The lowest BCUT2D eigenvalue weighted by Gasteiger charge is -2.21. The number of para-hydroxylation sites is 1. The minimum Gasteiger partial charge on any atom is -0.493 e. The molecule has 0 heterocycles. The van der Waals surface area contributed by atoms with Crippen LogP contribution in [0.25, 0.3) is 0 Å². The maximum atomic E-state index is 10.4. The van der Waals surface area contributed by atoms with Gasteiger partial charge in [-0.25, -0.2) is 0 Å². The van der Waals surface area contributed by atoms with Gasteiger partial charge in [-0.3, -0.25) is 0 Å². The second-order valence-corrected chi connectivity index (χ2v) is 6.44. The summed E-state index contributed by atoms with van der Waals surface area (Å²) < 4.78 is 11.4. The Kier molecular flexibility index (Phi) is 5.07. The average molecular weight is 327 g/mol. The highest BCUT2D eigenvalue weighted by Gasteiger charge is 2.30. The Hall–Kier alpha value is -2.04. The van der Waals surface area contributed by atoms with Crippen LogP contribution in [0.2, 0.25) is 0 Å². The fraction of sp³-hybridized carbons (Fsp3) is 0.400. The topological polar surface area (TPSA) is 50.7 Å². The number of hydrogen-bond acceptors (Lipinski definition) is 4. The molecule has 4 nitrogen and oxygen atoms in total. The largest absolute Gasteiger partial charge is 0.493 e. The van der Waals surface area contributed by atoms with E-state index in [0.29, 0.717) is 13.0 Å². The number of aliphatic hydroxyl groups is 1. The Morgan fingerprint density at radius 2 is 1.96 bits per heavy atom. The number of nitrogens with one attached hydrogen (secondary N) is 1. The molecule has 0 saturated heterocycles. The van der Waals surface area contributed by atoms with Crippen molar-refractivity contribution in [3.63, 3.8) is 0 Å². The van der Waals surface area contributed by atoms with E-state index in [1.54, 1.807) is 7.11 Å². The van der Waals surface area contributed by atoms with Gasteiger partial charge in [-0.15, -0.1) is 0 Å². The number of aliphatic hydroxyl groups excluding tert-OH is 1. The van der Waals surface area contributed by atoms with Crippen LogP contribution in [0.15, 0.2) is 42.5 Å². The van der Waals surface area contributed by atoms with Crippen molar-refractivity contribution in [1.29, 1.82) is 0 Å². The van der Waals surface area contributed by atoms with E-state index in [2.05, 4.69) is 17.4 Å². The molecule has 0 aromatic heterocycles. The number of ether oxygens (including phenoxy) is 2. The van der Waals surface area contributed by atoms with Crippen molar-refractivity contribution < 1.29 is 14.6 Å². The maximum absolute atomic E-state index is 10.4. The second kappa shape index (κ2) is 7.24. The molecule has 2 aromatic carbocycles. The minimum atomic E-state index is -0.400. The molecule has 0 unspecified atom stereocenters. The van der Waals surface area contributed by atoms with Crippen LogP contribution >= 0.6 is 0 Å². The van der Waals surface area contributed by atoms with Crippen LogP contribution in [0.3, 0.4) is 0 Å². The van der Waals surface area contributed by atoms with Gasteiger partial charge in [0.25, 0.3) is 0 Å². The molecule has 2 atom stereocenters. The Balaban J connectivity index is 1.80. The Bertz CT molecular complexity index is 699. The SMILES string of the molecule is COc1cccc(CN[C@@H]2c3ccccc3C[C@@H]2O)c1OC(C)C. The summed E-state index contributed by atoms with van der Waals surface area (Å²) in [7, 11) is 1.65. The van der Waals surface area contributed by atoms with Gasteiger partial charge >= 0.3 is 0 Å². The van der Waals surface area contributed by atoms with Gasteiger partial charge < -0.3 is 19.9 Å². The van der Waals surface area contributed by atoms with Gasteiger partial charge in [0.05, 0.1) is 25.4 Å². The summed E-state index contributed by atoms with van der Waals surface area (Å²) in [6, 6.07) is 14.0. The predicted octanol–water partition coefficient (Wildman–Crippen LogP) is 3.23. The Morgan fingerprint density at radius 3 is 2.71 bits per heavy atom. The lowest BCUT2D eigenvalue weighted by molar-refractivity contribution is 0.140. The molecule has 0 aliphatic heterocycles. The highest BCUT2D eigenvalue weighted by atomic mass is 16.5. The van der Waals surface area contributed by atoms with E-state index in [4.69, 9.17) is 9.47 Å². The summed E-state index contributed by atoms with van der Waals surface area (Å²) in [5.74, 6) is 1.50. The standard InChI is InChI=1S/C20H25NO3/c1-13(2)24-20-15(8-6-10-18(20)23-3)12-21-19-16-9-5-4-7-14(16)11-17(19)22/h4-10,13,17,19,21-22H,11-12H2,1-3H3/t17-,19+/m0/s1. The number of rotatable bonds is 6. The lowest BCUT2D eigenvalue weighted by atomic mass is 10.1. The first-order chi connectivity index (χ1) is 11.6. The summed E-state index contributed by atoms with van der Waals surface area (Å²) in [4.78, 5) is 0. The molecule has 0 spiro atoms. The fourth-order valence-corrected chi connectivity index (χ4v) is 3.27. The first kappa shape index (κ1) is 16.8. The van der Waals surface area contributed by atoms with E-state index < -0.39 is 6.10 Å². The maximum Gasteiger partial charge on any atom is 0.166 e. The molecule has 128 valence electrons. The fourth-order valence-electron chi connectivity index (χ4n) is 3.27. The third kappa shape index (κ3) is 3.40. The molecule has 1 aliphatic carbocycles. The van der Waals surface area contributed by atoms with E-state index in [9.17, 15) is 5.11 Å². The first-order valence-corrected chi connectivity index (χ1v) is 8.42. The molecule has 3 rings (SSSR count). The van der Waals surface area contributed by atoms with E-state index in [0.717, 1.165) is 17.1 Å². The Morgan fingerprint density at radius 1 is 1.17 bits per heavy atom. The van der Waals surface area contributed by atoms with Crippen molar-refractivity contribution in [2.45, 2.75) is 45.1 Å². The van der Waals surface area contributed by atoms with Gasteiger partial charge in [0.15, 0.2) is 11.5 Å². The molecule has 2 N–H and O–H groups in total. The second-order valence-electron chi connectivity index (χ2n) is 6.44. The first-order valence-electron chi connectivity index (χ1n) is 8.42. The molecule has 0 fully saturated rings. The van der Waals surface area contributed by atoms with E-state index in [1.807, 2.05) is 44.2 Å². The average Bonchev–Trinajstić information content (AvgIpc) is 2.88. The van der Waals surface area contributed by atoms with Crippen molar-refractivity contribution in [2.24, 2.45) is 0 Å². The van der Waals surface area contributed by atoms with E-state index >= 15 is 0 Å². The van der Waals surface area contributed by atoms with Crippen molar-refractivity contribution in [2.75, 3.05) is 7.11 Å². The Labute approximate surface area is 143 Å². The van der Waals surface area contributed by atoms with Crippen molar-refractivity contribution in [1.82, 2.24) is 5.32 Å². The monoisotopic (exact) mass is 327 g/mol. The van der Waals surface area contributed by atoms with Crippen LogP contribution < -0.4 is 14.8 Å². The van der Waals surface area contributed by atoms with Gasteiger partial charge in [0.2, 0.25) is 0 Å². The number of fused-ring (bicyclic) bond motifs is 1. The third-order valence-corrected chi connectivity index (χ3v) is 4.35. The van der Waals surface area contributed by atoms with Gasteiger partial charge in [-0.1, -0.05) is 36.4 Å². The molecule has 4 heteroatoms. The van der Waals surface area contributed by atoms with E-state index in [1.165, 1.54) is 11.1 Å². The minimum absolute atomic E-state index is 0.0562. The quantitative estimate of drug-likeness (QED) is 0.855. The third-order valence-electron chi connectivity index (χ3n) is 4.35. The van der Waals surface area contributed by atoms with Crippen LogP contribution in [-0.2, 0) is 13.0 Å². The summed E-state index contributed by atoms with van der Waals surface area (Å²) in [6.07, 6.45) is 0.363. The van der Waals surface area contributed by atoms with Crippen LogP contribution in [0.4, 0.5) is 0 Å². The van der Waals surface area contributed by atoms with Crippen molar-refractivity contribution >= 4 is 0 Å². The van der Waals surface area contributed by atoms with Gasteiger partial charge in [-0.2, -0.15) is 0 Å². The normalized spacial score (nSPS) is 19.4. The van der Waals surface area contributed by atoms with Gasteiger partial charge in [-0.05, 0) is 31.0 Å². The molecule has 2 aromatic rings. The molecule has 1 aliphatic rings. The van der Waals surface area contributed by atoms with Crippen molar-refractivity contribution in [3.05, 3.63) is 59.2 Å². The highest BCUT2D eigenvalue weighted by Crippen LogP contribution is 2.34.